The molecule has 2 rings (SSSR count). The third-order valence-electron chi connectivity index (χ3n) is 2.26. The van der Waals surface area contributed by atoms with Gasteiger partial charge in [0.2, 0.25) is 0 Å². The number of fused-ring (bicyclic) bond motifs is 1. The fourth-order valence-electron chi connectivity index (χ4n) is 1.55. The number of halogens is 1. The van der Waals surface area contributed by atoms with Crippen molar-refractivity contribution in [3.8, 4) is 11.5 Å². The number of aliphatic hydroxyl groups excluding tert-OH is 1. The molecule has 1 aromatic carbocycles. The van der Waals surface area contributed by atoms with Crippen LogP contribution in [0.4, 0.5) is 0 Å². The molecule has 3 N–H and O–H groups in total. The summed E-state index contributed by atoms with van der Waals surface area (Å²) in [5, 5.41) is 9.07. The average molecular weight is 274 g/mol. The quantitative estimate of drug-likeness (QED) is 0.850. The summed E-state index contributed by atoms with van der Waals surface area (Å²) in [5.74, 6) is 1.32. The van der Waals surface area contributed by atoms with Gasteiger partial charge in [-0.3, -0.25) is 0 Å². The molecule has 0 fully saturated rings. The van der Waals surface area contributed by atoms with Crippen molar-refractivity contribution < 1.29 is 14.6 Å². The number of rotatable bonds is 2. The number of ether oxygens (including phenoxy) is 2. The highest BCUT2D eigenvalue weighted by atomic mass is 79.9. The van der Waals surface area contributed by atoms with Crippen LogP contribution in [0.5, 0.6) is 11.5 Å². The predicted molar refractivity (Wildman–Crippen MR) is 59.1 cm³/mol. The molecule has 15 heavy (non-hydrogen) atoms. The minimum atomic E-state index is -0.462. The van der Waals surface area contributed by atoms with Crippen molar-refractivity contribution in [1.82, 2.24) is 0 Å². The number of nitrogens with two attached hydrogens (primary N) is 1. The van der Waals surface area contributed by atoms with Crippen molar-refractivity contribution in [3.63, 3.8) is 0 Å². The van der Waals surface area contributed by atoms with Gasteiger partial charge < -0.3 is 20.3 Å². The molecule has 0 radical (unpaired) electrons. The first-order valence-electron chi connectivity index (χ1n) is 4.68. The summed E-state index contributed by atoms with van der Waals surface area (Å²) in [6.07, 6.45) is 0. The van der Waals surface area contributed by atoms with E-state index in [-0.39, 0.29) is 6.61 Å². The lowest BCUT2D eigenvalue weighted by Crippen LogP contribution is -2.21. The summed E-state index contributed by atoms with van der Waals surface area (Å²) in [5.41, 5.74) is 6.56. The molecule has 1 aliphatic rings. The zero-order valence-corrected chi connectivity index (χ0v) is 9.66. The van der Waals surface area contributed by atoms with Gasteiger partial charge in [0.1, 0.15) is 13.2 Å². The molecule has 4 nitrogen and oxygen atoms in total. The van der Waals surface area contributed by atoms with Crippen LogP contribution in [-0.2, 0) is 0 Å². The van der Waals surface area contributed by atoms with E-state index in [1.807, 2.05) is 12.1 Å². The van der Waals surface area contributed by atoms with Crippen LogP contribution in [0.15, 0.2) is 16.6 Å². The zero-order chi connectivity index (χ0) is 10.8. The van der Waals surface area contributed by atoms with Crippen molar-refractivity contribution in [2.45, 2.75) is 6.04 Å². The SMILES string of the molecule is NC(CO)c1c(Br)ccc2c1OCCO2. The molecule has 1 unspecified atom stereocenters. The third-order valence-corrected chi connectivity index (χ3v) is 2.95. The molecule has 0 saturated heterocycles. The van der Waals surface area contributed by atoms with E-state index in [4.69, 9.17) is 20.3 Å². The van der Waals surface area contributed by atoms with Crippen molar-refractivity contribution in [3.05, 3.63) is 22.2 Å². The summed E-state index contributed by atoms with van der Waals surface area (Å²) in [4.78, 5) is 0. The van der Waals surface area contributed by atoms with Gasteiger partial charge in [-0.05, 0) is 12.1 Å². The fourth-order valence-corrected chi connectivity index (χ4v) is 2.16. The number of benzene rings is 1. The maximum atomic E-state index is 9.07. The summed E-state index contributed by atoms with van der Waals surface area (Å²) in [7, 11) is 0. The van der Waals surface area contributed by atoms with Gasteiger partial charge in [0.15, 0.2) is 11.5 Å². The van der Waals surface area contributed by atoms with Gasteiger partial charge in [-0.2, -0.15) is 0 Å². The second kappa shape index (κ2) is 4.38. The lowest BCUT2D eigenvalue weighted by Gasteiger charge is -2.23. The Hall–Kier alpha value is -0.780. The molecular weight excluding hydrogens is 262 g/mol. The first-order chi connectivity index (χ1) is 7.24. The normalized spacial score (nSPS) is 16.2. The first kappa shape index (κ1) is 10.7. The number of hydrogen-bond donors (Lipinski definition) is 2. The average Bonchev–Trinajstić information content (AvgIpc) is 2.28. The van der Waals surface area contributed by atoms with Crippen molar-refractivity contribution in [2.24, 2.45) is 5.73 Å². The Morgan fingerprint density at radius 1 is 1.40 bits per heavy atom. The molecule has 1 aromatic rings. The molecule has 1 aliphatic heterocycles. The van der Waals surface area contributed by atoms with E-state index in [1.165, 1.54) is 0 Å². The lowest BCUT2D eigenvalue weighted by molar-refractivity contribution is 0.167. The fraction of sp³-hybridized carbons (Fsp3) is 0.400. The van der Waals surface area contributed by atoms with E-state index < -0.39 is 6.04 Å². The van der Waals surface area contributed by atoms with Gasteiger partial charge in [-0.25, -0.2) is 0 Å². The van der Waals surface area contributed by atoms with Crippen LogP contribution in [0.2, 0.25) is 0 Å². The Balaban J connectivity index is 2.50. The highest BCUT2D eigenvalue weighted by molar-refractivity contribution is 9.10. The van der Waals surface area contributed by atoms with Crippen LogP contribution < -0.4 is 15.2 Å². The Morgan fingerprint density at radius 2 is 2.13 bits per heavy atom. The van der Waals surface area contributed by atoms with Gasteiger partial charge in [0.05, 0.1) is 12.6 Å². The largest absolute Gasteiger partial charge is 0.486 e. The van der Waals surface area contributed by atoms with E-state index in [0.717, 1.165) is 10.0 Å². The predicted octanol–water partition coefficient (Wildman–Crippen LogP) is 1.21. The highest BCUT2D eigenvalue weighted by Crippen LogP contribution is 2.40. The lowest BCUT2D eigenvalue weighted by atomic mass is 10.1. The minimum absolute atomic E-state index is 0.127. The van der Waals surface area contributed by atoms with Crippen LogP contribution in [0.3, 0.4) is 0 Å². The van der Waals surface area contributed by atoms with Crippen LogP contribution in [0.25, 0.3) is 0 Å². The van der Waals surface area contributed by atoms with Crippen molar-refractivity contribution >= 4 is 15.9 Å². The van der Waals surface area contributed by atoms with Crippen LogP contribution >= 0.6 is 15.9 Å². The molecule has 0 aromatic heterocycles. The maximum absolute atomic E-state index is 9.07. The van der Waals surface area contributed by atoms with Crippen molar-refractivity contribution in [2.75, 3.05) is 19.8 Å². The molecule has 0 saturated carbocycles. The monoisotopic (exact) mass is 273 g/mol. The Labute approximate surface area is 96.1 Å². The summed E-state index contributed by atoms with van der Waals surface area (Å²) < 4.78 is 11.8. The molecule has 0 amide bonds. The van der Waals surface area contributed by atoms with Gasteiger partial charge in [0.25, 0.3) is 0 Å². The Bertz CT molecular complexity index is 370. The van der Waals surface area contributed by atoms with Crippen LogP contribution in [0, 0.1) is 0 Å². The van der Waals surface area contributed by atoms with E-state index in [2.05, 4.69) is 15.9 Å². The van der Waals surface area contributed by atoms with E-state index >= 15 is 0 Å². The summed E-state index contributed by atoms with van der Waals surface area (Å²) >= 11 is 3.39. The van der Waals surface area contributed by atoms with Crippen LogP contribution in [-0.4, -0.2) is 24.9 Å². The number of hydrogen-bond acceptors (Lipinski definition) is 4. The molecule has 0 aliphatic carbocycles. The number of aliphatic hydroxyl groups is 1. The Morgan fingerprint density at radius 3 is 2.87 bits per heavy atom. The second-order valence-corrected chi connectivity index (χ2v) is 4.13. The molecule has 1 atom stereocenters. The van der Waals surface area contributed by atoms with E-state index in [0.29, 0.717) is 24.7 Å². The highest BCUT2D eigenvalue weighted by Gasteiger charge is 2.22. The molecule has 1 heterocycles. The summed E-state index contributed by atoms with van der Waals surface area (Å²) in [6.45, 7) is 0.926. The molecular formula is C10H12BrNO3. The van der Waals surface area contributed by atoms with Gasteiger partial charge >= 0.3 is 0 Å². The van der Waals surface area contributed by atoms with Gasteiger partial charge in [-0.1, -0.05) is 15.9 Å². The molecule has 82 valence electrons. The van der Waals surface area contributed by atoms with Crippen LogP contribution in [0.1, 0.15) is 11.6 Å². The minimum Gasteiger partial charge on any atom is -0.486 e. The molecule has 0 bridgehead atoms. The maximum Gasteiger partial charge on any atom is 0.167 e. The topological polar surface area (TPSA) is 64.7 Å². The smallest absolute Gasteiger partial charge is 0.167 e. The third kappa shape index (κ3) is 1.95. The first-order valence-corrected chi connectivity index (χ1v) is 5.47. The van der Waals surface area contributed by atoms with Gasteiger partial charge in [-0.15, -0.1) is 0 Å². The second-order valence-electron chi connectivity index (χ2n) is 3.27. The molecule has 0 spiro atoms. The zero-order valence-electron chi connectivity index (χ0n) is 8.07. The summed E-state index contributed by atoms with van der Waals surface area (Å²) in [6, 6.07) is 3.21. The van der Waals surface area contributed by atoms with E-state index in [9.17, 15) is 0 Å². The molecule has 5 heteroatoms. The van der Waals surface area contributed by atoms with Crippen molar-refractivity contribution in [1.29, 1.82) is 0 Å². The standard InChI is InChI=1S/C10H12BrNO3/c11-6-1-2-8-10(15-4-3-14-8)9(6)7(12)5-13/h1-2,7,13H,3-5,12H2. The van der Waals surface area contributed by atoms with Gasteiger partial charge in [0, 0.05) is 10.0 Å². The van der Waals surface area contributed by atoms with E-state index in [1.54, 1.807) is 0 Å². The Kier molecular flexibility index (Phi) is 3.14.